The van der Waals surface area contributed by atoms with Gasteiger partial charge in [-0.1, -0.05) is 52.3 Å². The van der Waals surface area contributed by atoms with Crippen LogP contribution in [-0.4, -0.2) is 23.8 Å². The van der Waals surface area contributed by atoms with E-state index in [2.05, 4.69) is 47.7 Å². The summed E-state index contributed by atoms with van der Waals surface area (Å²) in [5.74, 6) is -0.216. The molecule has 0 spiro atoms. The zero-order chi connectivity index (χ0) is 19.4. The number of hydrogen-bond acceptors (Lipinski definition) is 4. The molecular weight excluding hydrogens is 474 g/mol. The van der Waals surface area contributed by atoms with Crippen molar-refractivity contribution >= 4 is 60.4 Å². The van der Waals surface area contributed by atoms with Crippen LogP contribution in [0.3, 0.4) is 0 Å². The van der Waals surface area contributed by atoms with Gasteiger partial charge in [-0.05, 0) is 45.9 Å². The lowest BCUT2D eigenvalue weighted by atomic mass is 10.1. The number of carbonyl (C=O) groups is 1. The summed E-state index contributed by atoms with van der Waals surface area (Å²) in [5.41, 5.74) is 4.71. The van der Waals surface area contributed by atoms with Crippen LogP contribution in [0.1, 0.15) is 11.1 Å². The van der Waals surface area contributed by atoms with Crippen molar-refractivity contribution < 1.29 is 9.90 Å². The van der Waals surface area contributed by atoms with Gasteiger partial charge in [0.05, 0.1) is 17.2 Å². The fraction of sp³-hybridized carbons (Fsp3) is 0.100. The minimum atomic E-state index is -0.288. The fourth-order valence-corrected chi connectivity index (χ4v) is 3.74. The Labute approximate surface area is 173 Å². The molecule has 3 N–H and O–H groups in total. The Morgan fingerprint density at radius 2 is 1.93 bits per heavy atom. The number of nitrogens with zero attached hydrogens (tertiary/aromatic N) is 1. The third-order valence-electron chi connectivity index (χ3n) is 4.07. The molecule has 0 saturated heterocycles. The molecule has 0 aliphatic rings. The summed E-state index contributed by atoms with van der Waals surface area (Å²) in [6.07, 6.45) is 1.40. The van der Waals surface area contributed by atoms with E-state index in [0.717, 1.165) is 26.5 Å². The maximum Gasteiger partial charge on any atom is 0.259 e. The number of benzene rings is 3. The van der Waals surface area contributed by atoms with E-state index in [-0.39, 0.29) is 18.2 Å². The highest BCUT2D eigenvalue weighted by atomic mass is 79.9. The number of phenolic OH excluding ortho intramolecular Hbond substituents is 1. The third-order valence-corrected chi connectivity index (χ3v) is 5.87. The number of fused-ring (bicyclic) bond motifs is 1. The Balaban J connectivity index is 1.63. The third kappa shape index (κ3) is 4.48. The van der Waals surface area contributed by atoms with Gasteiger partial charge in [0.15, 0.2) is 0 Å². The monoisotopic (exact) mass is 489 g/mol. The number of nitrogens with one attached hydrogen (secondary N) is 2. The van der Waals surface area contributed by atoms with Crippen molar-refractivity contribution in [2.45, 2.75) is 6.92 Å². The van der Waals surface area contributed by atoms with Crippen LogP contribution in [0.15, 0.2) is 62.6 Å². The number of halogens is 2. The number of rotatable bonds is 5. The summed E-state index contributed by atoms with van der Waals surface area (Å²) in [6.45, 7) is 1.95. The average molecular weight is 491 g/mol. The highest BCUT2D eigenvalue weighted by Crippen LogP contribution is 2.35. The molecule has 3 rings (SSSR count). The number of amides is 1. The van der Waals surface area contributed by atoms with Crippen LogP contribution in [0.5, 0.6) is 5.75 Å². The first-order valence-electron chi connectivity index (χ1n) is 8.18. The smallest absolute Gasteiger partial charge is 0.259 e. The summed E-state index contributed by atoms with van der Waals surface area (Å²) in [6, 6.07) is 15.6. The number of hydrazone groups is 1. The molecule has 0 saturated carbocycles. The van der Waals surface area contributed by atoms with E-state index in [9.17, 15) is 9.90 Å². The van der Waals surface area contributed by atoms with Crippen molar-refractivity contribution in [1.29, 1.82) is 0 Å². The minimum absolute atomic E-state index is 0.0718. The molecule has 3 aromatic rings. The van der Waals surface area contributed by atoms with Crippen molar-refractivity contribution in [1.82, 2.24) is 5.43 Å². The van der Waals surface area contributed by atoms with Gasteiger partial charge in [-0.3, -0.25) is 4.79 Å². The van der Waals surface area contributed by atoms with Gasteiger partial charge in [-0.15, -0.1) is 0 Å². The molecule has 0 atom stereocenters. The molecule has 0 aliphatic carbocycles. The Bertz CT molecular complexity index is 1030. The normalized spacial score (nSPS) is 11.1. The van der Waals surface area contributed by atoms with Crippen LogP contribution in [0.25, 0.3) is 10.8 Å². The molecule has 0 unspecified atom stereocenters. The van der Waals surface area contributed by atoms with Crippen molar-refractivity contribution in [2.75, 3.05) is 11.9 Å². The molecule has 0 fully saturated rings. The molecule has 1 amide bonds. The second kappa shape index (κ2) is 8.54. The Kier molecular flexibility index (Phi) is 6.13. The second-order valence-corrected chi connectivity index (χ2v) is 7.56. The molecule has 0 aliphatic heterocycles. The summed E-state index contributed by atoms with van der Waals surface area (Å²) < 4.78 is 1.42. The molecule has 0 aromatic heterocycles. The van der Waals surface area contributed by atoms with Crippen molar-refractivity contribution in [3.63, 3.8) is 0 Å². The van der Waals surface area contributed by atoms with Crippen LogP contribution < -0.4 is 10.7 Å². The zero-order valence-electron chi connectivity index (χ0n) is 14.5. The molecule has 0 heterocycles. The Hall–Kier alpha value is -2.38. The second-order valence-electron chi connectivity index (χ2n) is 5.91. The predicted octanol–water partition coefficient (Wildman–Crippen LogP) is 4.94. The van der Waals surface area contributed by atoms with E-state index in [0.29, 0.717) is 10.0 Å². The van der Waals surface area contributed by atoms with Gasteiger partial charge in [-0.2, -0.15) is 5.10 Å². The van der Waals surface area contributed by atoms with Crippen LogP contribution in [-0.2, 0) is 4.79 Å². The van der Waals surface area contributed by atoms with Gasteiger partial charge in [0.25, 0.3) is 5.91 Å². The number of carbonyl (C=O) groups excluding carboxylic acids is 1. The molecule has 7 heteroatoms. The number of anilines is 1. The minimum Gasteiger partial charge on any atom is -0.506 e. The van der Waals surface area contributed by atoms with Crippen LogP contribution in [0.4, 0.5) is 5.69 Å². The van der Waals surface area contributed by atoms with Crippen molar-refractivity contribution in [2.24, 2.45) is 5.10 Å². The first kappa shape index (κ1) is 19.4. The fourth-order valence-electron chi connectivity index (χ4n) is 2.59. The van der Waals surface area contributed by atoms with Crippen molar-refractivity contribution in [3.8, 4) is 5.75 Å². The van der Waals surface area contributed by atoms with E-state index < -0.39 is 0 Å². The summed E-state index contributed by atoms with van der Waals surface area (Å²) >= 11 is 6.76. The standard InChI is InChI=1S/C20H17Br2N3O2/c1-12-16(21)9-14(20(27)19(12)22)10-24-25-18(26)11-23-17-8-4-6-13-5-2-3-7-15(13)17/h2-10,23,27H,11H2,1H3,(H,25,26)/b24-10-. The maximum absolute atomic E-state index is 12.0. The number of aromatic hydroxyl groups is 1. The first-order valence-corrected chi connectivity index (χ1v) is 9.77. The van der Waals surface area contributed by atoms with Gasteiger partial charge >= 0.3 is 0 Å². The van der Waals surface area contributed by atoms with Gasteiger partial charge in [0.2, 0.25) is 0 Å². The van der Waals surface area contributed by atoms with E-state index >= 15 is 0 Å². The summed E-state index contributed by atoms with van der Waals surface area (Å²) in [4.78, 5) is 12.0. The number of phenols is 1. The highest BCUT2D eigenvalue weighted by molar-refractivity contribution is 9.11. The first-order chi connectivity index (χ1) is 13.0. The lowest BCUT2D eigenvalue weighted by Crippen LogP contribution is -2.25. The van der Waals surface area contributed by atoms with E-state index in [1.807, 2.05) is 49.4 Å². The Morgan fingerprint density at radius 1 is 1.19 bits per heavy atom. The number of hydrogen-bond donors (Lipinski definition) is 3. The quantitative estimate of drug-likeness (QED) is 0.350. The predicted molar refractivity (Wildman–Crippen MR) is 116 cm³/mol. The van der Waals surface area contributed by atoms with E-state index in [1.165, 1.54) is 6.21 Å². The topological polar surface area (TPSA) is 73.7 Å². The van der Waals surface area contributed by atoms with Gasteiger partial charge in [-0.25, -0.2) is 5.43 Å². The lowest BCUT2D eigenvalue weighted by Gasteiger charge is -2.09. The van der Waals surface area contributed by atoms with Crippen molar-refractivity contribution in [3.05, 3.63) is 68.6 Å². The van der Waals surface area contributed by atoms with Gasteiger partial charge in [0.1, 0.15) is 5.75 Å². The summed E-state index contributed by atoms with van der Waals surface area (Å²) in [7, 11) is 0. The molecule has 27 heavy (non-hydrogen) atoms. The van der Waals surface area contributed by atoms with E-state index in [1.54, 1.807) is 6.07 Å². The van der Waals surface area contributed by atoms with E-state index in [4.69, 9.17) is 0 Å². The Morgan fingerprint density at radius 3 is 2.74 bits per heavy atom. The molecule has 0 bridgehead atoms. The SMILES string of the molecule is Cc1c(Br)cc(/C=N\NC(=O)CNc2cccc3ccccc23)c(O)c1Br. The molecule has 0 radical (unpaired) electrons. The largest absolute Gasteiger partial charge is 0.506 e. The lowest BCUT2D eigenvalue weighted by molar-refractivity contribution is -0.119. The average Bonchev–Trinajstić information content (AvgIpc) is 2.68. The van der Waals surface area contributed by atoms with Gasteiger partial charge in [0, 0.05) is 21.1 Å². The molecular formula is C20H17Br2N3O2. The van der Waals surface area contributed by atoms with Crippen LogP contribution >= 0.6 is 31.9 Å². The molecule has 3 aromatic carbocycles. The van der Waals surface area contributed by atoms with Gasteiger partial charge < -0.3 is 10.4 Å². The van der Waals surface area contributed by atoms with Crippen LogP contribution in [0, 0.1) is 6.92 Å². The highest BCUT2D eigenvalue weighted by Gasteiger charge is 2.10. The molecule has 138 valence electrons. The maximum atomic E-state index is 12.0. The molecule has 5 nitrogen and oxygen atoms in total. The zero-order valence-corrected chi connectivity index (χ0v) is 17.6. The summed E-state index contributed by atoms with van der Waals surface area (Å²) in [5, 5.41) is 19.3. The van der Waals surface area contributed by atoms with Crippen LogP contribution in [0.2, 0.25) is 0 Å².